The monoisotopic (exact) mass is 299 g/mol. The Labute approximate surface area is 119 Å². The third-order valence-corrected chi connectivity index (χ3v) is 3.09. The molecule has 0 aliphatic carbocycles. The lowest BCUT2D eigenvalue weighted by atomic mass is 10.2. The molecule has 8 nitrogen and oxygen atoms in total. The van der Waals surface area contributed by atoms with Crippen LogP contribution in [0, 0.1) is 15.9 Å². The van der Waals surface area contributed by atoms with Crippen molar-refractivity contribution in [2.75, 3.05) is 6.61 Å². The van der Waals surface area contributed by atoms with Crippen LogP contribution in [-0.4, -0.2) is 29.6 Å². The van der Waals surface area contributed by atoms with Crippen LogP contribution >= 0.6 is 0 Å². The van der Waals surface area contributed by atoms with E-state index >= 15 is 0 Å². The quantitative estimate of drug-likeness (QED) is 0.357. The molecule has 0 radical (unpaired) electrons. The number of hydrazine groups is 1. The maximum Gasteiger partial charge on any atom is 0.311 e. The van der Waals surface area contributed by atoms with Gasteiger partial charge in [0.15, 0.2) is 5.75 Å². The zero-order chi connectivity index (χ0) is 15.4. The van der Waals surface area contributed by atoms with Crippen molar-refractivity contribution in [2.45, 2.75) is 25.0 Å². The fraction of sp³-hybridized carbons (Fsp3) is 0.417. The average Bonchev–Trinajstić information content (AvgIpc) is 2.93. The van der Waals surface area contributed by atoms with Gasteiger partial charge in [0.2, 0.25) is 0 Å². The smallest absolute Gasteiger partial charge is 0.311 e. The van der Waals surface area contributed by atoms with Gasteiger partial charge in [0.1, 0.15) is 18.5 Å². The second-order valence-corrected chi connectivity index (χ2v) is 4.51. The molecular weight excluding hydrogens is 285 g/mol. The van der Waals surface area contributed by atoms with E-state index in [-0.39, 0.29) is 18.0 Å². The highest BCUT2D eigenvalue weighted by molar-refractivity contribution is 5.80. The number of nitrogens with two attached hydrogens (primary N) is 1. The molecule has 0 spiro atoms. The van der Waals surface area contributed by atoms with Gasteiger partial charge in [0.05, 0.1) is 11.0 Å². The van der Waals surface area contributed by atoms with E-state index in [0.717, 1.165) is 18.2 Å². The van der Waals surface area contributed by atoms with E-state index < -0.39 is 28.9 Å². The molecule has 1 fully saturated rings. The molecule has 1 heterocycles. The van der Waals surface area contributed by atoms with Crippen molar-refractivity contribution < 1.29 is 23.6 Å². The number of hydrogen-bond donors (Lipinski definition) is 2. The zero-order valence-corrected chi connectivity index (χ0v) is 11.0. The number of nitrogens with zero attached hydrogens (tertiary/aromatic N) is 1. The fourth-order valence-electron chi connectivity index (χ4n) is 2.05. The number of nitrogens with one attached hydrogen (secondary N) is 1. The van der Waals surface area contributed by atoms with Crippen LogP contribution < -0.4 is 16.0 Å². The van der Waals surface area contributed by atoms with Gasteiger partial charge < -0.3 is 9.47 Å². The Morgan fingerprint density at radius 2 is 2.33 bits per heavy atom. The van der Waals surface area contributed by atoms with E-state index in [1.165, 1.54) is 0 Å². The molecule has 114 valence electrons. The number of nitro groups is 1. The summed E-state index contributed by atoms with van der Waals surface area (Å²) in [4.78, 5) is 21.4. The minimum absolute atomic E-state index is 0.0152. The first-order valence-corrected chi connectivity index (χ1v) is 6.24. The van der Waals surface area contributed by atoms with Crippen molar-refractivity contribution in [3.63, 3.8) is 0 Å². The minimum atomic E-state index is -0.661. The maximum atomic E-state index is 13.1. The summed E-state index contributed by atoms with van der Waals surface area (Å²) in [5.74, 6) is 3.76. The van der Waals surface area contributed by atoms with Crippen LogP contribution in [0.2, 0.25) is 0 Å². The molecule has 2 unspecified atom stereocenters. The van der Waals surface area contributed by atoms with Gasteiger partial charge in [-0.2, -0.15) is 0 Å². The summed E-state index contributed by atoms with van der Waals surface area (Å²) in [6.07, 6.45) is -0.0509. The number of halogens is 1. The Hall–Kier alpha value is -2.26. The van der Waals surface area contributed by atoms with E-state index in [2.05, 4.69) is 0 Å². The Kier molecular flexibility index (Phi) is 4.66. The highest BCUT2D eigenvalue weighted by atomic mass is 19.1. The molecule has 3 N–H and O–H groups in total. The van der Waals surface area contributed by atoms with Gasteiger partial charge in [-0.3, -0.25) is 20.3 Å². The van der Waals surface area contributed by atoms with Crippen molar-refractivity contribution in [1.82, 2.24) is 5.43 Å². The summed E-state index contributed by atoms with van der Waals surface area (Å²) < 4.78 is 23.8. The second kappa shape index (κ2) is 6.46. The molecule has 9 heteroatoms. The topological polar surface area (TPSA) is 117 Å². The number of hydrogen-bond acceptors (Lipinski definition) is 6. The predicted octanol–water partition coefficient (Wildman–Crippen LogP) is 0.650. The molecule has 0 bridgehead atoms. The zero-order valence-electron chi connectivity index (χ0n) is 11.0. The lowest BCUT2D eigenvalue weighted by Gasteiger charge is -2.13. The number of ether oxygens (including phenoxy) is 2. The van der Waals surface area contributed by atoms with E-state index in [4.69, 9.17) is 15.3 Å². The molecule has 1 aliphatic heterocycles. The van der Waals surface area contributed by atoms with Crippen molar-refractivity contribution in [3.8, 4) is 5.75 Å². The summed E-state index contributed by atoms with van der Waals surface area (Å²) >= 11 is 0. The molecule has 0 aromatic heterocycles. The lowest BCUT2D eigenvalue weighted by molar-refractivity contribution is -0.386. The number of nitro benzene ring substituents is 1. The normalized spacial score (nSPS) is 21.0. The highest BCUT2D eigenvalue weighted by Gasteiger charge is 2.31. The summed E-state index contributed by atoms with van der Waals surface area (Å²) in [5.41, 5.74) is 1.66. The molecule has 1 amide bonds. The van der Waals surface area contributed by atoms with Crippen molar-refractivity contribution >= 4 is 11.6 Å². The fourth-order valence-corrected chi connectivity index (χ4v) is 2.05. The SMILES string of the molecule is NNC(=O)C1CCC(COc2cc(F)ccc2[N+](=O)[O-])O1. The van der Waals surface area contributed by atoms with Crippen LogP contribution in [-0.2, 0) is 9.53 Å². The molecule has 21 heavy (non-hydrogen) atoms. The Bertz CT molecular complexity index is 554. The van der Waals surface area contributed by atoms with Gasteiger partial charge >= 0.3 is 5.69 Å². The molecule has 2 rings (SSSR count). The van der Waals surface area contributed by atoms with Gasteiger partial charge in [-0.05, 0) is 18.9 Å². The molecule has 0 saturated carbocycles. The molecule has 1 aromatic rings. The maximum absolute atomic E-state index is 13.1. The average molecular weight is 299 g/mol. The summed E-state index contributed by atoms with van der Waals surface area (Å²) in [5, 5.41) is 10.8. The minimum Gasteiger partial charge on any atom is -0.484 e. The first-order valence-electron chi connectivity index (χ1n) is 6.24. The molecular formula is C12H14FN3O5. The van der Waals surface area contributed by atoms with Crippen molar-refractivity contribution in [1.29, 1.82) is 0 Å². The van der Waals surface area contributed by atoms with Gasteiger partial charge in [-0.15, -0.1) is 0 Å². The number of carbonyl (C=O) groups is 1. The third kappa shape index (κ3) is 3.64. The summed E-state index contributed by atoms with van der Waals surface area (Å²) in [7, 11) is 0. The second-order valence-electron chi connectivity index (χ2n) is 4.51. The molecule has 2 atom stereocenters. The molecule has 1 aromatic carbocycles. The van der Waals surface area contributed by atoms with Gasteiger partial charge in [0.25, 0.3) is 5.91 Å². The first-order chi connectivity index (χ1) is 10.0. The number of rotatable bonds is 5. The van der Waals surface area contributed by atoms with E-state index in [1.54, 1.807) is 0 Å². The van der Waals surface area contributed by atoms with Gasteiger partial charge in [-0.25, -0.2) is 10.2 Å². The Morgan fingerprint density at radius 1 is 1.57 bits per heavy atom. The number of benzene rings is 1. The van der Waals surface area contributed by atoms with Crippen LogP contribution in [0.25, 0.3) is 0 Å². The summed E-state index contributed by atoms with van der Waals surface area (Å²) in [6, 6.07) is 2.96. The van der Waals surface area contributed by atoms with Crippen LogP contribution in [0.3, 0.4) is 0 Å². The van der Waals surface area contributed by atoms with Crippen molar-refractivity contribution in [3.05, 3.63) is 34.1 Å². The molecule has 1 aliphatic rings. The van der Waals surface area contributed by atoms with Gasteiger partial charge in [-0.1, -0.05) is 0 Å². The predicted molar refractivity (Wildman–Crippen MR) is 68.8 cm³/mol. The highest BCUT2D eigenvalue weighted by Crippen LogP contribution is 2.29. The van der Waals surface area contributed by atoms with Crippen LogP contribution in [0.15, 0.2) is 18.2 Å². The van der Waals surface area contributed by atoms with Crippen molar-refractivity contribution in [2.24, 2.45) is 5.84 Å². The van der Waals surface area contributed by atoms with E-state index in [0.29, 0.717) is 12.8 Å². The Morgan fingerprint density at radius 3 is 3.00 bits per heavy atom. The number of carbonyl (C=O) groups excluding carboxylic acids is 1. The number of amides is 1. The largest absolute Gasteiger partial charge is 0.484 e. The van der Waals surface area contributed by atoms with E-state index in [1.807, 2.05) is 5.43 Å². The van der Waals surface area contributed by atoms with Crippen LogP contribution in [0.5, 0.6) is 5.75 Å². The van der Waals surface area contributed by atoms with Crippen LogP contribution in [0.4, 0.5) is 10.1 Å². The lowest BCUT2D eigenvalue weighted by Crippen LogP contribution is -2.39. The standard InChI is InChI=1S/C12H14FN3O5/c13-7-1-3-9(16(18)19)11(5-7)20-6-8-2-4-10(21-8)12(17)15-14/h1,3,5,8,10H,2,4,6,14H2,(H,15,17). The van der Waals surface area contributed by atoms with E-state index in [9.17, 15) is 19.3 Å². The van der Waals surface area contributed by atoms with Crippen LogP contribution in [0.1, 0.15) is 12.8 Å². The Balaban J connectivity index is 1.96. The summed E-state index contributed by atoms with van der Waals surface area (Å²) in [6.45, 7) is -0.0152. The van der Waals surface area contributed by atoms with Gasteiger partial charge in [0, 0.05) is 12.1 Å². The third-order valence-electron chi connectivity index (χ3n) is 3.09. The molecule has 1 saturated heterocycles. The first kappa shape index (κ1) is 15.1.